The second-order valence-corrected chi connectivity index (χ2v) is 16.1. The zero-order chi connectivity index (χ0) is 37.2. The number of nitrogens with zero attached hydrogens (tertiary/aromatic N) is 9. The Morgan fingerprint density at radius 2 is 1.92 bits per heavy atom. The Kier molecular flexibility index (Phi) is 9.11. The molecule has 0 saturated carbocycles. The van der Waals surface area contributed by atoms with Crippen LogP contribution in [0.5, 0.6) is 0 Å². The van der Waals surface area contributed by atoms with Crippen LogP contribution in [0, 0.1) is 18.3 Å². The molecule has 0 radical (unpaired) electrons. The lowest BCUT2D eigenvalue weighted by Gasteiger charge is -2.44. The molecule has 2 atom stereocenters. The molecule has 3 aliphatic heterocycles. The molecule has 6 heterocycles. The highest BCUT2D eigenvalue weighted by molar-refractivity contribution is 6.36. The number of nitriles is 1. The first-order chi connectivity index (χ1) is 25.4. The fraction of sp³-hybridized carbons (Fsp3) is 0.513. The van der Waals surface area contributed by atoms with E-state index in [4.69, 9.17) is 40.6 Å². The van der Waals surface area contributed by atoms with Crippen LogP contribution in [0.4, 0.5) is 16.6 Å². The summed E-state index contributed by atoms with van der Waals surface area (Å²) in [6.07, 6.45) is 6.26. The molecule has 14 heteroatoms. The molecule has 3 fully saturated rings. The molecular weight excluding hydrogens is 694 g/mol. The number of rotatable bonds is 6. The van der Waals surface area contributed by atoms with Gasteiger partial charge in [0.1, 0.15) is 17.0 Å². The second-order valence-electron chi connectivity index (χ2n) is 15.7. The lowest BCUT2D eigenvalue weighted by atomic mass is 9.95. The minimum absolute atomic E-state index is 0.124. The van der Waals surface area contributed by atoms with Crippen molar-refractivity contribution in [3.63, 3.8) is 0 Å². The Morgan fingerprint density at radius 3 is 2.64 bits per heavy atom. The second kappa shape index (κ2) is 13.6. The van der Waals surface area contributed by atoms with Crippen molar-refractivity contribution in [1.82, 2.24) is 29.5 Å². The number of ether oxygens (including phenoxy) is 2. The van der Waals surface area contributed by atoms with Gasteiger partial charge < -0.3 is 33.5 Å². The maximum Gasteiger partial charge on any atom is 0.410 e. The molecular formula is C39H46ClN9O4. The number of halogens is 1. The monoisotopic (exact) mass is 739 g/mol. The van der Waals surface area contributed by atoms with Gasteiger partial charge in [-0.1, -0.05) is 11.6 Å². The number of hydrogen-bond donors (Lipinski definition) is 0. The molecule has 1 amide bonds. The number of aryl methyl sites for hydroxylation is 1. The third-order valence-electron chi connectivity index (χ3n) is 10.7. The first kappa shape index (κ1) is 35.4. The van der Waals surface area contributed by atoms with Crippen molar-refractivity contribution in [3.8, 4) is 17.2 Å². The van der Waals surface area contributed by atoms with E-state index in [0.717, 1.165) is 82.8 Å². The highest BCUT2D eigenvalue weighted by Crippen LogP contribution is 2.46. The number of hydrogen-bond acceptors (Lipinski definition) is 11. The molecule has 3 saturated heterocycles. The van der Waals surface area contributed by atoms with Crippen molar-refractivity contribution >= 4 is 62.2 Å². The van der Waals surface area contributed by atoms with Gasteiger partial charge in [0.05, 0.1) is 52.4 Å². The predicted molar refractivity (Wildman–Crippen MR) is 205 cm³/mol. The molecule has 5 aromatic rings. The van der Waals surface area contributed by atoms with Crippen LogP contribution in [-0.4, -0.2) is 107 Å². The molecule has 0 aliphatic carbocycles. The summed E-state index contributed by atoms with van der Waals surface area (Å²) in [5.41, 5.74) is 4.39. The molecule has 2 aromatic carbocycles. The predicted octanol–water partition coefficient (Wildman–Crippen LogP) is 7.14. The number of fused-ring (bicyclic) bond motifs is 4. The number of furan rings is 1. The minimum Gasteiger partial charge on any atom is -0.463 e. The van der Waals surface area contributed by atoms with E-state index in [2.05, 4.69) is 47.0 Å². The van der Waals surface area contributed by atoms with Crippen molar-refractivity contribution < 1.29 is 18.7 Å². The summed E-state index contributed by atoms with van der Waals surface area (Å²) in [6.45, 7) is 11.1. The molecule has 3 aromatic heterocycles. The number of anilines is 2. The van der Waals surface area contributed by atoms with Crippen LogP contribution in [0.25, 0.3) is 43.9 Å². The summed E-state index contributed by atoms with van der Waals surface area (Å²) in [6, 6.07) is 8.45. The summed E-state index contributed by atoms with van der Waals surface area (Å²) in [5, 5.41) is 17.9. The molecule has 0 N–H and O–H groups in total. The van der Waals surface area contributed by atoms with Gasteiger partial charge in [0.2, 0.25) is 5.95 Å². The van der Waals surface area contributed by atoms with Crippen LogP contribution in [0.15, 0.2) is 35.1 Å². The molecule has 13 nitrogen and oxygen atoms in total. The summed E-state index contributed by atoms with van der Waals surface area (Å²) < 4.78 is 20.2. The van der Waals surface area contributed by atoms with Crippen LogP contribution in [-0.2, 0) is 9.47 Å². The van der Waals surface area contributed by atoms with E-state index in [0.29, 0.717) is 48.0 Å². The third-order valence-corrected chi connectivity index (χ3v) is 11.2. The number of aromatic nitrogens is 4. The van der Waals surface area contributed by atoms with Gasteiger partial charge in [-0.3, -0.25) is 0 Å². The van der Waals surface area contributed by atoms with E-state index in [1.165, 1.54) is 0 Å². The largest absolute Gasteiger partial charge is 0.463 e. The smallest absolute Gasteiger partial charge is 0.410 e. The first-order valence-corrected chi connectivity index (χ1v) is 18.8. The lowest BCUT2D eigenvalue weighted by Crippen LogP contribution is -2.58. The molecule has 1 unspecified atom stereocenters. The van der Waals surface area contributed by atoms with Crippen LogP contribution >= 0.6 is 11.6 Å². The van der Waals surface area contributed by atoms with E-state index in [1.54, 1.807) is 11.2 Å². The van der Waals surface area contributed by atoms with Crippen LogP contribution in [0.1, 0.15) is 58.2 Å². The van der Waals surface area contributed by atoms with Gasteiger partial charge in [-0.15, -0.1) is 0 Å². The van der Waals surface area contributed by atoms with E-state index in [1.807, 2.05) is 44.6 Å². The average molecular weight is 740 g/mol. The minimum atomic E-state index is -0.651. The van der Waals surface area contributed by atoms with Gasteiger partial charge in [-0.25, -0.2) is 14.5 Å². The molecule has 53 heavy (non-hydrogen) atoms. The van der Waals surface area contributed by atoms with Crippen molar-refractivity contribution in [1.29, 1.82) is 5.26 Å². The van der Waals surface area contributed by atoms with E-state index in [9.17, 15) is 10.1 Å². The summed E-state index contributed by atoms with van der Waals surface area (Å²) in [7, 11) is 4.17. The quantitative estimate of drug-likeness (QED) is 0.176. The van der Waals surface area contributed by atoms with Gasteiger partial charge in [0.15, 0.2) is 6.23 Å². The summed E-state index contributed by atoms with van der Waals surface area (Å²) in [4.78, 5) is 31.9. The number of carbonyl (C=O) groups is 1. The number of amides is 1. The SMILES string of the molecule is Cc1cc2c(cnn2C2CCCCO2)c(-c2cc3nc(N4CC(N(C)C)C4)nc(N4CCN(C(=O)OC(C)(C)C)[C@@H](CC#N)C4)c3c3occc23)c1Cl. The Labute approximate surface area is 314 Å². The number of benzene rings is 2. The van der Waals surface area contributed by atoms with E-state index < -0.39 is 17.7 Å². The van der Waals surface area contributed by atoms with E-state index in [-0.39, 0.29) is 12.6 Å². The van der Waals surface area contributed by atoms with Crippen LogP contribution in [0.3, 0.4) is 0 Å². The zero-order valence-electron chi connectivity index (χ0n) is 31.2. The molecule has 3 aliphatic rings. The summed E-state index contributed by atoms with van der Waals surface area (Å²) >= 11 is 7.24. The molecule has 0 spiro atoms. The maximum absolute atomic E-state index is 13.3. The maximum atomic E-state index is 13.3. The van der Waals surface area contributed by atoms with Crippen LogP contribution < -0.4 is 9.80 Å². The van der Waals surface area contributed by atoms with Gasteiger partial charge >= 0.3 is 6.09 Å². The van der Waals surface area contributed by atoms with Gasteiger partial charge in [0.25, 0.3) is 0 Å². The Bertz CT molecular complexity index is 2240. The van der Waals surface area contributed by atoms with Crippen molar-refractivity contribution in [2.75, 3.05) is 63.2 Å². The Hall–Kier alpha value is -4.64. The number of carbonyl (C=O) groups excluding carboxylic acids is 1. The third kappa shape index (κ3) is 6.40. The Balaban J connectivity index is 1.28. The normalized spacial score (nSPS) is 20.1. The standard InChI is InChI=1S/C39H46ClN9O4/c1-23-17-30-28(19-42-49(30)31-9-7-8-15-51-31)32(34(23)40)27-18-29-33(35-26(27)11-16-52-35)36(44-37(43-29)47-21-25(22-47)45(5)6)46-13-14-48(24(20-46)10-12-41)38(50)53-39(2,3)4/h11,16-19,24-25,31H,7-10,13-15,20-22H2,1-6H3/t24-,31?/m0/s1. The first-order valence-electron chi connectivity index (χ1n) is 18.4. The Morgan fingerprint density at radius 1 is 1.11 bits per heavy atom. The highest BCUT2D eigenvalue weighted by Gasteiger charge is 2.37. The summed E-state index contributed by atoms with van der Waals surface area (Å²) in [5.74, 6) is 1.33. The van der Waals surface area contributed by atoms with Gasteiger partial charge in [-0.05, 0) is 90.4 Å². The van der Waals surface area contributed by atoms with Gasteiger partial charge in [0, 0.05) is 61.7 Å². The fourth-order valence-corrected chi connectivity index (χ4v) is 8.08. The zero-order valence-corrected chi connectivity index (χ0v) is 32.0. The number of piperazine rings is 1. The highest BCUT2D eigenvalue weighted by atomic mass is 35.5. The van der Waals surface area contributed by atoms with E-state index >= 15 is 0 Å². The van der Waals surface area contributed by atoms with Gasteiger partial charge in [-0.2, -0.15) is 15.3 Å². The van der Waals surface area contributed by atoms with Crippen molar-refractivity contribution in [2.45, 2.75) is 77.3 Å². The lowest BCUT2D eigenvalue weighted by molar-refractivity contribution is -0.0366. The van der Waals surface area contributed by atoms with Crippen molar-refractivity contribution in [3.05, 3.63) is 41.2 Å². The molecule has 0 bridgehead atoms. The van der Waals surface area contributed by atoms with Crippen molar-refractivity contribution in [2.24, 2.45) is 0 Å². The topological polar surface area (TPSA) is 129 Å². The van der Waals surface area contributed by atoms with Crippen LogP contribution in [0.2, 0.25) is 5.02 Å². The molecule has 8 rings (SSSR count). The number of likely N-dealkylation sites (N-methyl/N-ethyl adjacent to an activating group) is 1. The average Bonchev–Trinajstić information content (AvgIpc) is 3.75. The molecule has 278 valence electrons. The fourth-order valence-electron chi connectivity index (χ4n) is 7.82.